The summed E-state index contributed by atoms with van der Waals surface area (Å²) < 4.78 is 0. The molecule has 2 fully saturated rings. The van der Waals surface area contributed by atoms with Crippen molar-refractivity contribution in [2.24, 2.45) is 11.8 Å². The number of hydrogen-bond acceptors (Lipinski definition) is 2. The molecule has 0 aliphatic heterocycles. The number of nitrogens with zero attached hydrogens (tertiary/aromatic N) is 1. The van der Waals surface area contributed by atoms with E-state index in [1.807, 2.05) is 12.1 Å². The van der Waals surface area contributed by atoms with Gasteiger partial charge in [-0.15, -0.1) is 0 Å². The summed E-state index contributed by atoms with van der Waals surface area (Å²) in [4.78, 5) is 2.76. The number of hydrogen-bond donors (Lipinski definition) is 1. The minimum absolute atomic E-state index is 0.772. The molecule has 0 aromatic heterocycles. The molecule has 2 saturated carbocycles. The summed E-state index contributed by atoms with van der Waals surface area (Å²) in [5.74, 6) is 1.76. The lowest BCUT2D eigenvalue weighted by molar-refractivity contribution is 0.0958. The van der Waals surface area contributed by atoms with Crippen LogP contribution in [0.15, 0.2) is 24.3 Å². The molecule has 0 saturated heterocycles. The molecule has 3 unspecified atom stereocenters. The van der Waals surface area contributed by atoms with Gasteiger partial charge in [-0.2, -0.15) is 0 Å². The van der Waals surface area contributed by atoms with Crippen LogP contribution < -0.4 is 5.73 Å². The van der Waals surface area contributed by atoms with Gasteiger partial charge in [-0.1, -0.05) is 32.0 Å². The summed E-state index contributed by atoms with van der Waals surface area (Å²) in [6, 6.07) is 9.96. The van der Waals surface area contributed by atoms with Crippen LogP contribution in [0.4, 0.5) is 5.69 Å². The number of nitrogens with two attached hydrogens (primary N) is 1. The Bertz CT molecular complexity index is 452. The van der Waals surface area contributed by atoms with Crippen molar-refractivity contribution < 1.29 is 0 Å². The topological polar surface area (TPSA) is 29.3 Å². The van der Waals surface area contributed by atoms with Crippen molar-refractivity contribution >= 4 is 5.69 Å². The minimum atomic E-state index is 0.772. The Morgan fingerprint density at radius 3 is 2.35 bits per heavy atom. The third kappa shape index (κ3) is 3.01. The predicted octanol–water partition coefficient (Wildman–Crippen LogP) is 4.06. The van der Waals surface area contributed by atoms with Crippen molar-refractivity contribution in [3.63, 3.8) is 0 Å². The second-order valence-electron chi connectivity index (χ2n) is 7.02. The van der Waals surface area contributed by atoms with Crippen LogP contribution in [0.1, 0.15) is 51.5 Å². The zero-order valence-corrected chi connectivity index (χ0v) is 12.9. The van der Waals surface area contributed by atoms with Crippen molar-refractivity contribution in [3.05, 3.63) is 29.8 Å². The van der Waals surface area contributed by atoms with E-state index in [1.165, 1.54) is 37.7 Å². The standard InChI is InChI=1S/C18H28N2/c1-13-7-8-17(11-14(13)2)20(16-9-10-16)12-15-5-3-4-6-18(15)19/h3-6,13-14,16-17H,7-12,19H2,1-2H3. The Kier molecular flexibility index (Phi) is 4.02. The van der Waals surface area contributed by atoms with Crippen LogP contribution in [0.5, 0.6) is 0 Å². The zero-order valence-electron chi connectivity index (χ0n) is 12.9. The van der Waals surface area contributed by atoms with Gasteiger partial charge in [-0.3, -0.25) is 4.90 Å². The molecule has 2 nitrogen and oxygen atoms in total. The molecule has 2 aliphatic rings. The van der Waals surface area contributed by atoms with Crippen molar-refractivity contribution in [2.75, 3.05) is 5.73 Å². The lowest BCUT2D eigenvalue weighted by Crippen LogP contribution is -2.41. The quantitative estimate of drug-likeness (QED) is 0.838. The van der Waals surface area contributed by atoms with Gasteiger partial charge >= 0.3 is 0 Å². The summed E-state index contributed by atoms with van der Waals surface area (Å²) in [6.07, 6.45) is 6.89. The number of para-hydroxylation sites is 1. The van der Waals surface area contributed by atoms with Crippen LogP contribution >= 0.6 is 0 Å². The maximum atomic E-state index is 6.14. The van der Waals surface area contributed by atoms with E-state index in [0.29, 0.717) is 0 Å². The maximum Gasteiger partial charge on any atom is 0.0359 e. The Morgan fingerprint density at radius 1 is 1.00 bits per heavy atom. The SMILES string of the molecule is CC1CCC(N(Cc2ccccc2N)C2CC2)CC1C. The maximum absolute atomic E-state index is 6.14. The van der Waals surface area contributed by atoms with Gasteiger partial charge in [0.05, 0.1) is 0 Å². The van der Waals surface area contributed by atoms with Crippen molar-refractivity contribution in [1.82, 2.24) is 4.90 Å². The first-order valence-corrected chi connectivity index (χ1v) is 8.24. The highest BCUT2D eigenvalue weighted by Crippen LogP contribution is 2.38. The average molecular weight is 272 g/mol. The van der Waals surface area contributed by atoms with Crippen molar-refractivity contribution in [1.29, 1.82) is 0 Å². The summed E-state index contributed by atoms with van der Waals surface area (Å²) in [5.41, 5.74) is 8.41. The molecular weight excluding hydrogens is 244 g/mol. The van der Waals surface area contributed by atoms with Gasteiger partial charge in [-0.05, 0) is 55.6 Å². The van der Waals surface area contributed by atoms with E-state index in [4.69, 9.17) is 5.73 Å². The number of anilines is 1. The number of benzene rings is 1. The molecule has 2 aliphatic carbocycles. The molecule has 3 atom stereocenters. The van der Waals surface area contributed by atoms with Gasteiger partial charge in [0.1, 0.15) is 0 Å². The first-order valence-electron chi connectivity index (χ1n) is 8.24. The number of nitrogen functional groups attached to an aromatic ring is 1. The first-order chi connectivity index (χ1) is 9.65. The van der Waals surface area contributed by atoms with Crippen LogP contribution in [-0.4, -0.2) is 17.0 Å². The molecule has 2 N–H and O–H groups in total. The van der Waals surface area contributed by atoms with Crippen molar-refractivity contribution in [3.8, 4) is 0 Å². The van der Waals surface area contributed by atoms with E-state index in [9.17, 15) is 0 Å². The predicted molar refractivity (Wildman–Crippen MR) is 85.4 cm³/mol. The Balaban J connectivity index is 1.72. The molecule has 0 radical (unpaired) electrons. The highest BCUT2D eigenvalue weighted by Gasteiger charge is 2.37. The molecule has 110 valence electrons. The molecule has 0 amide bonds. The third-order valence-electron chi connectivity index (χ3n) is 5.46. The second-order valence-corrected chi connectivity index (χ2v) is 7.02. The molecule has 0 bridgehead atoms. The molecule has 20 heavy (non-hydrogen) atoms. The van der Waals surface area contributed by atoms with E-state index < -0.39 is 0 Å². The molecule has 3 rings (SSSR count). The summed E-state index contributed by atoms with van der Waals surface area (Å²) in [6.45, 7) is 5.89. The first kappa shape index (κ1) is 13.9. The third-order valence-corrected chi connectivity index (χ3v) is 5.46. The second kappa shape index (κ2) is 5.77. The summed E-state index contributed by atoms with van der Waals surface area (Å²) in [7, 11) is 0. The van der Waals surface area contributed by atoms with Gasteiger partial charge in [0.15, 0.2) is 0 Å². The summed E-state index contributed by atoms with van der Waals surface area (Å²) >= 11 is 0. The lowest BCUT2D eigenvalue weighted by Gasteiger charge is -2.39. The monoisotopic (exact) mass is 272 g/mol. The fourth-order valence-electron chi connectivity index (χ4n) is 3.66. The van der Waals surface area contributed by atoms with E-state index in [0.717, 1.165) is 36.2 Å². The van der Waals surface area contributed by atoms with Gasteiger partial charge in [0.25, 0.3) is 0 Å². The molecule has 0 spiro atoms. The smallest absolute Gasteiger partial charge is 0.0359 e. The average Bonchev–Trinajstić information content (AvgIpc) is 3.26. The van der Waals surface area contributed by atoms with Gasteiger partial charge in [0.2, 0.25) is 0 Å². The zero-order chi connectivity index (χ0) is 14.1. The molecule has 2 heteroatoms. The minimum Gasteiger partial charge on any atom is -0.398 e. The lowest BCUT2D eigenvalue weighted by atomic mass is 9.78. The molecule has 1 aromatic rings. The summed E-state index contributed by atoms with van der Waals surface area (Å²) in [5, 5.41) is 0. The van der Waals surface area contributed by atoms with E-state index >= 15 is 0 Å². The van der Waals surface area contributed by atoms with Gasteiger partial charge in [-0.25, -0.2) is 0 Å². The van der Waals surface area contributed by atoms with Gasteiger partial charge < -0.3 is 5.73 Å². The fraction of sp³-hybridized carbons (Fsp3) is 0.667. The number of rotatable bonds is 4. The van der Waals surface area contributed by atoms with E-state index in [2.05, 4.69) is 30.9 Å². The van der Waals surface area contributed by atoms with Gasteiger partial charge in [0, 0.05) is 24.3 Å². The highest BCUT2D eigenvalue weighted by atomic mass is 15.2. The molecule has 0 heterocycles. The van der Waals surface area contributed by atoms with E-state index in [-0.39, 0.29) is 0 Å². The van der Waals surface area contributed by atoms with E-state index in [1.54, 1.807) is 0 Å². The Labute approximate surface area is 123 Å². The van der Waals surface area contributed by atoms with Crippen LogP contribution in [0.25, 0.3) is 0 Å². The Morgan fingerprint density at radius 2 is 1.70 bits per heavy atom. The van der Waals surface area contributed by atoms with Crippen LogP contribution in [-0.2, 0) is 6.54 Å². The normalized spacial score (nSPS) is 30.6. The highest BCUT2D eigenvalue weighted by molar-refractivity contribution is 5.46. The van der Waals surface area contributed by atoms with Crippen molar-refractivity contribution in [2.45, 2.75) is 64.6 Å². The molecule has 1 aromatic carbocycles. The largest absolute Gasteiger partial charge is 0.398 e. The molecular formula is C18H28N2. The van der Waals surface area contributed by atoms with Crippen LogP contribution in [0.3, 0.4) is 0 Å². The fourth-order valence-corrected chi connectivity index (χ4v) is 3.66. The Hall–Kier alpha value is -1.02. The van der Waals surface area contributed by atoms with Crippen LogP contribution in [0, 0.1) is 11.8 Å². The van der Waals surface area contributed by atoms with Crippen LogP contribution in [0.2, 0.25) is 0 Å².